The summed E-state index contributed by atoms with van der Waals surface area (Å²) in [4.78, 5) is 0. The number of rotatable bonds is 12. The molecule has 2 unspecified atom stereocenters. The monoisotopic (exact) mass is 418 g/mol. The zero-order chi connectivity index (χ0) is 22.6. The van der Waals surface area contributed by atoms with Crippen LogP contribution < -0.4 is 0 Å². The topological polar surface area (TPSA) is 0 Å². The molecule has 2 aliphatic carbocycles. The molecule has 0 radical (unpaired) electrons. The minimum absolute atomic E-state index is 0.0861. The Morgan fingerprint density at radius 1 is 0.968 bits per heavy atom. The summed E-state index contributed by atoms with van der Waals surface area (Å²) in [6, 6.07) is 0. The van der Waals surface area contributed by atoms with Crippen molar-refractivity contribution >= 4 is 0 Å². The summed E-state index contributed by atoms with van der Waals surface area (Å²) < 4.78 is 0. The predicted molar refractivity (Wildman–Crippen MR) is 140 cm³/mol. The van der Waals surface area contributed by atoms with E-state index in [4.69, 9.17) is 0 Å². The first-order chi connectivity index (χ1) is 15.1. The van der Waals surface area contributed by atoms with Crippen molar-refractivity contribution in [1.29, 1.82) is 0 Å². The molecule has 0 saturated carbocycles. The normalized spacial score (nSPS) is 27.4. The van der Waals surface area contributed by atoms with Crippen LogP contribution in [-0.4, -0.2) is 0 Å². The van der Waals surface area contributed by atoms with Crippen molar-refractivity contribution in [1.82, 2.24) is 0 Å². The fourth-order valence-corrected chi connectivity index (χ4v) is 5.39. The number of hydrogen-bond acceptors (Lipinski definition) is 0. The maximum Gasteiger partial charge on any atom is 0.0443 e. The van der Waals surface area contributed by atoms with E-state index in [9.17, 15) is 0 Å². The van der Waals surface area contributed by atoms with Crippen molar-refractivity contribution in [2.45, 2.75) is 98.3 Å². The lowest BCUT2D eigenvalue weighted by Crippen LogP contribution is -2.42. The van der Waals surface area contributed by atoms with Gasteiger partial charge in [-0.1, -0.05) is 101 Å². The molecular formula is C31H46. The molecule has 0 spiro atoms. The molecule has 0 aromatic rings. The van der Waals surface area contributed by atoms with Gasteiger partial charge in [-0.15, -0.1) is 6.58 Å². The lowest BCUT2D eigenvalue weighted by atomic mass is 9.52. The zero-order valence-corrected chi connectivity index (χ0v) is 20.8. The summed E-state index contributed by atoms with van der Waals surface area (Å²) in [6.45, 7) is 13.4. The lowest BCUT2D eigenvalue weighted by molar-refractivity contribution is 0.267. The second-order valence-electron chi connectivity index (χ2n) is 9.18. The average Bonchev–Trinajstić information content (AvgIpc) is 3.31. The largest absolute Gasteiger partial charge is 0.102 e. The fourth-order valence-electron chi connectivity index (χ4n) is 5.39. The Kier molecular flexibility index (Phi) is 10.6. The van der Waals surface area contributed by atoms with E-state index in [1.165, 1.54) is 44.9 Å². The molecule has 0 aromatic heterocycles. The van der Waals surface area contributed by atoms with Crippen LogP contribution in [0.4, 0.5) is 0 Å². The highest BCUT2D eigenvalue weighted by atomic mass is 14.5. The van der Waals surface area contributed by atoms with Crippen molar-refractivity contribution < 1.29 is 0 Å². The van der Waals surface area contributed by atoms with E-state index in [2.05, 4.69) is 95.0 Å². The van der Waals surface area contributed by atoms with Crippen molar-refractivity contribution in [3.8, 4) is 0 Å². The molecule has 2 atom stereocenters. The van der Waals surface area contributed by atoms with Crippen LogP contribution in [0.5, 0.6) is 0 Å². The Morgan fingerprint density at radius 3 is 2.39 bits per heavy atom. The van der Waals surface area contributed by atoms with Crippen molar-refractivity contribution in [3.63, 3.8) is 0 Å². The van der Waals surface area contributed by atoms with Gasteiger partial charge in [0.2, 0.25) is 0 Å². The first kappa shape index (κ1) is 25.4. The molecule has 0 bridgehead atoms. The highest BCUT2D eigenvalue weighted by Gasteiger charge is 2.50. The van der Waals surface area contributed by atoms with Crippen LogP contribution in [0, 0.1) is 10.8 Å². The summed E-state index contributed by atoms with van der Waals surface area (Å²) in [7, 11) is 0. The maximum atomic E-state index is 4.40. The maximum absolute atomic E-state index is 4.40. The van der Waals surface area contributed by atoms with E-state index < -0.39 is 0 Å². The Bertz CT molecular complexity index is 751. The van der Waals surface area contributed by atoms with Crippen LogP contribution in [-0.2, 0) is 0 Å². The lowest BCUT2D eigenvalue weighted by Gasteiger charge is -2.51. The summed E-state index contributed by atoms with van der Waals surface area (Å²) >= 11 is 0. The van der Waals surface area contributed by atoms with Gasteiger partial charge < -0.3 is 0 Å². The summed E-state index contributed by atoms with van der Waals surface area (Å²) in [5, 5.41) is 0. The van der Waals surface area contributed by atoms with Crippen LogP contribution >= 0.6 is 0 Å². The minimum atomic E-state index is -0.161. The third-order valence-electron chi connectivity index (χ3n) is 7.00. The summed E-state index contributed by atoms with van der Waals surface area (Å²) in [5.74, 6) is 0. The van der Waals surface area contributed by atoms with E-state index in [1.54, 1.807) is 16.7 Å². The van der Waals surface area contributed by atoms with Crippen molar-refractivity contribution in [2.24, 2.45) is 10.8 Å². The standard InChI is InChI=1S/C31H46/c1-6-11-14-15-19-28-22-26-30(10-5,23-9-4)31(24-13-8-3,25-18-12-7-2)29(28)27-20-16-17-21-27/h9-10,13,15,18-20,23-25H,5-8,11-12,14,16-17,21-22,26H2,1-4H3. The molecule has 2 aliphatic rings. The fraction of sp³-hybridized carbons (Fsp3) is 0.548. The number of allylic oxidation sites excluding steroid dienone is 13. The van der Waals surface area contributed by atoms with Crippen LogP contribution in [0.1, 0.15) is 98.3 Å². The van der Waals surface area contributed by atoms with Gasteiger partial charge in [0.15, 0.2) is 0 Å². The Morgan fingerprint density at radius 2 is 1.77 bits per heavy atom. The highest BCUT2D eigenvalue weighted by Crippen LogP contribution is 2.60. The van der Waals surface area contributed by atoms with Crippen LogP contribution in [0.3, 0.4) is 0 Å². The van der Waals surface area contributed by atoms with E-state index in [1.807, 2.05) is 0 Å². The highest BCUT2D eigenvalue weighted by molar-refractivity contribution is 5.56. The molecule has 0 nitrogen and oxygen atoms in total. The molecule has 2 rings (SSSR count). The van der Waals surface area contributed by atoms with Crippen LogP contribution in [0.15, 0.2) is 84.1 Å². The molecule has 0 aliphatic heterocycles. The second kappa shape index (κ2) is 12.9. The van der Waals surface area contributed by atoms with Gasteiger partial charge in [-0.2, -0.15) is 0 Å². The predicted octanol–water partition coefficient (Wildman–Crippen LogP) is 9.99. The molecule has 0 amide bonds. The van der Waals surface area contributed by atoms with Crippen LogP contribution in [0.25, 0.3) is 0 Å². The molecule has 0 N–H and O–H groups in total. The Hall–Kier alpha value is -1.82. The van der Waals surface area contributed by atoms with E-state index >= 15 is 0 Å². The summed E-state index contributed by atoms with van der Waals surface area (Å²) in [5.41, 5.74) is 4.45. The minimum Gasteiger partial charge on any atom is -0.102 e. The van der Waals surface area contributed by atoms with Gasteiger partial charge >= 0.3 is 0 Å². The molecule has 170 valence electrons. The molecule has 0 heterocycles. The molecule has 31 heavy (non-hydrogen) atoms. The molecule has 0 heteroatoms. The molecule has 0 aromatic carbocycles. The zero-order valence-electron chi connectivity index (χ0n) is 20.8. The van der Waals surface area contributed by atoms with E-state index in [0.717, 1.165) is 25.7 Å². The molecule has 0 fully saturated rings. The van der Waals surface area contributed by atoms with Crippen molar-refractivity contribution in [3.05, 3.63) is 84.1 Å². The summed E-state index contributed by atoms with van der Waals surface area (Å²) in [6.07, 6.45) is 37.2. The quantitative estimate of drug-likeness (QED) is 0.218. The average molecular weight is 419 g/mol. The van der Waals surface area contributed by atoms with Gasteiger partial charge in [-0.3, -0.25) is 0 Å². The van der Waals surface area contributed by atoms with Gasteiger partial charge in [0.1, 0.15) is 0 Å². The van der Waals surface area contributed by atoms with Gasteiger partial charge in [0.05, 0.1) is 0 Å². The smallest absolute Gasteiger partial charge is 0.0443 e. The SMILES string of the molecule is C=CC1(C=CC)CCC(C=CCCCC)=C(C2=CCCC2)C1(C=CCC)C=CCCC. The third kappa shape index (κ3) is 5.71. The third-order valence-corrected chi connectivity index (χ3v) is 7.00. The Labute approximate surface area is 193 Å². The van der Waals surface area contributed by atoms with Gasteiger partial charge in [0.25, 0.3) is 0 Å². The Balaban J connectivity index is 2.81. The van der Waals surface area contributed by atoms with Gasteiger partial charge in [-0.05, 0) is 75.0 Å². The van der Waals surface area contributed by atoms with Crippen LogP contribution in [0.2, 0.25) is 0 Å². The number of hydrogen-bond donors (Lipinski definition) is 0. The first-order valence-electron chi connectivity index (χ1n) is 12.9. The molecular weight excluding hydrogens is 372 g/mol. The van der Waals surface area contributed by atoms with E-state index in [-0.39, 0.29) is 10.8 Å². The first-order valence-corrected chi connectivity index (χ1v) is 12.9. The van der Waals surface area contributed by atoms with Gasteiger partial charge in [0, 0.05) is 10.8 Å². The van der Waals surface area contributed by atoms with Crippen molar-refractivity contribution in [2.75, 3.05) is 0 Å². The number of unbranched alkanes of at least 4 members (excludes halogenated alkanes) is 3. The van der Waals surface area contributed by atoms with E-state index in [0.29, 0.717) is 0 Å². The molecule has 0 saturated heterocycles. The van der Waals surface area contributed by atoms with Gasteiger partial charge in [-0.25, -0.2) is 0 Å². The second-order valence-corrected chi connectivity index (χ2v) is 9.18.